The maximum absolute atomic E-state index is 12.8. The van der Waals surface area contributed by atoms with Gasteiger partial charge in [0.15, 0.2) is 0 Å². The number of ether oxygens (including phenoxy) is 3. The van der Waals surface area contributed by atoms with Gasteiger partial charge in [0.05, 0.1) is 66.8 Å². The van der Waals surface area contributed by atoms with E-state index in [4.69, 9.17) is 19.2 Å². The molecule has 1 saturated heterocycles. The van der Waals surface area contributed by atoms with Gasteiger partial charge in [-0.2, -0.15) is 5.26 Å². The van der Waals surface area contributed by atoms with E-state index in [1.807, 2.05) is 19.1 Å². The highest BCUT2D eigenvalue weighted by atomic mass is 16.5. The molecule has 0 spiro atoms. The molecule has 1 aliphatic carbocycles. The summed E-state index contributed by atoms with van der Waals surface area (Å²) in [6, 6.07) is 5.80. The Bertz CT molecular complexity index is 1070. The van der Waals surface area contributed by atoms with Gasteiger partial charge >= 0.3 is 0 Å². The van der Waals surface area contributed by atoms with Gasteiger partial charge in [-0.15, -0.1) is 0 Å². The Balaban J connectivity index is 1.60. The normalized spacial score (nSPS) is 15.1. The third-order valence-electron chi connectivity index (χ3n) is 5.34. The third-order valence-corrected chi connectivity index (χ3v) is 5.34. The minimum absolute atomic E-state index is 0.0787. The highest BCUT2D eigenvalue weighted by Gasteiger charge is 2.24. The number of allylic oxidation sites excluding steroid dienone is 2. The average Bonchev–Trinajstić information content (AvgIpc) is 3.23. The summed E-state index contributed by atoms with van der Waals surface area (Å²) in [5.41, 5.74) is 4.15. The minimum Gasteiger partial charge on any atom is -0.495 e. The quantitative estimate of drug-likeness (QED) is 0.708. The number of morpholine rings is 1. The zero-order chi connectivity index (χ0) is 21.8. The molecule has 8 heteroatoms. The molecule has 3 heterocycles. The standard InChI is InChI=1S/C23H24N4O4/c1-3-31-21-12-17(26-18-5-4-15(13-24)22(18)21)11-19-20(29-2)10-16(14-25-19)23(28)27-6-8-30-9-7-27/h4,10,12,14H,3,5-9,11H2,1-2H3. The van der Waals surface area contributed by atoms with Gasteiger partial charge < -0.3 is 19.1 Å². The zero-order valence-corrected chi connectivity index (χ0v) is 17.7. The summed E-state index contributed by atoms with van der Waals surface area (Å²) in [6.45, 7) is 4.63. The molecule has 0 N–H and O–H groups in total. The van der Waals surface area contributed by atoms with Gasteiger partial charge in [-0.25, -0.2) is 0 Å². The number of amides is 1. The molecule has 0 radical (unpaired) electrons. The second kappa shape index (κ2) is 9.14. The number of nitrogens with zero attached hydrogens (tertiary/aromatic N) is 4. The van der Waals surface area contributed by atoms with Crippen LogP contribution in [0, 0.1) is 11.3 Å². The number of hydrogen-bond donors (Lipinski definition) is 0. The smallest absolute Gasteiger partial charge is 0.255 e. The number of rotatable bonds is 6. The Labute approximate surface area is 181 Å². The summed E-state index contributed by atoms with van der Waals surface area (Å²) in [5.74, 6) is 1.12. The molecular formula is C23H24N4O4. The van der Waals surface area contributed by atoms with Crippen LogP contribution >= 0.6 is 0 Å². The molecule has 1 aliphatic heterocycles. The largest absolute Gasteiger partial charge is 0.495 e. The second-order valence-electron chi connectivity index (χ2n) is 7.25. The van der Waals surface area contributed by atoms with E-state index in [1.54, 1.807) is 24.3 Å². The first-order chi connectivity index (χ1) is 15.1. The van der Waals surface area contributed by atoms with Gasteiger partial charge in [0.1, 0.15) is 11.5 Å². The lowest BCUT2D eigenvalue weighted by molar-refractivity contribution is 0.0302. The molecule has 2 aromatic heterocycles. The van der Waals surface area contributed by atoms with Gasteiger partial charge in [0, 0.05) is 38.2 Å². The average molecular weight is 420 g/mol. The van der Waals surface area contributed by atoms with Crippen LogP contribution in [-0.4, -0.2) is 60.8 Å². The van der Waals surface area contributed by atoms with Crippen molar-refractivity contribution in [1.82, 2.24) is 14.9 Å². The molecule has 8 nitrogen and oxygen atoms in total. The van der Waals surface area contributed by atoms with E-state index in [9.17, 15) is 10.1 Å². The maximum atomic E-state index is 12.8. The number of nitriles is 1. The van der Waals surface area contributed by atoms with E-state index in [2.05, 4.69) is 11.1 Å². The first-order valence-electron chi connectivity index (χ1n) is 10.3. The fourth-order valence-electron chi connectivity index (χ4n) is 3.85. The lowest BCUT2D eigenvalue weighted by Gasteiger charge is -2.27. The molecule has 0 aromatic carbocycles. The monoisotopic (exact) mass is 420 g/mol. The number of methoxy groups -OCH3 is 1. The van der Waals surface area contributed by atoms with Crippen LogP contribution in [0.3, 0.4) is 0 Å². The van der Waals surface area contributed by atoms with Crippen LogP contribution in [0.2, 0.25) is 0 Å². The molecule has 0 bridgehead atoms. The van der Waals surface area contributed by atoms with Crippen LogP contribution in [0.25, 0.3) is 5.57 Å². The predicted octanol–water partition coefficient (Wildman–Crippen LogP) is 2.41. The molecule has 31 heavy (non-hydrogen) atoms. The van der Waals surface area contributed by atoms with Crippen molar-refractivity contribution in [3.8, 4) is 17.6 Å². The summed E-state index contributed by atoms with van der Waals surface area (Å²) < 4.78 is 16.6. The number of pyridine rings is 2. The van der Waals surface area contributed by atoms with Crippen LogP contribution in [0.4, 0.5) is 0 Å². The molecule has 160 valence electrons. The van der Waals surface area contributed by atoms with E-state index < -0.39 is 0 Å². The topological polar surface area (TPSA) is 97.6 Å². The summed E-state index contributed by atoms with van der Waals surface area (Å²) in [7, 11) is 1.56. The Hall–Kier alpha value is -3.44. The van der Waals surface area contributed by atoms with Crippen molar-refractivity contribution in [2.24, 2.45) is 0 Å². The number of carbonyl (C=O) groups excluding carboxylic acids is 1. The number of fused-ring (bicyclic) bond motifs is 1. The van der Waals surface area contributed by atoms with Gasteiger partial charge in [0.25, 0.3) is 5.91 Å². The molecule has 1 amide bonds. The highest BCUT2D eigenvalue weighted by molar-refractivity contribution is 5.94. The summed E-state index contributed by atoms with van der Waals surface area (Å²) in [6.07, 6.45) is 4.48. The van der Waals surface area contributed by atoms with Crippen molar-refractivity contribution >= 4 is 11.5 Å². The van der Waals surface area contributed by atoms with Gasteiger partial charge in [0.2, 0.25) is 0 Å². The SMILES string of the molecule is CCOc1cc(Cc2ncc(C(=O)N3CCOCC3)cc2OC)nc2c1C(C#N)=CC2. The summed E-state index contributed by atoms with van der Waals surface area (Å²) in [4.78, 5) is 23.8. The zero-order valence-electron chi connectivity index (χ0n) is 17.7. The second-order valence-corrected chi connectivity index (χ2v) is 7.25. The molecule has 4 rings (SSSR count). The summed E-state index contributed by atoms with van der Waals surface area (Å²) >= 11 is 0. The Morgan fingerprint density at radius 1 is 1.29 bits per heavy atom. The Morgan fingerprint density at radius 2 is 2.10 bits per heavy atom. The van der Waals surface area contributed by atoms with E-state index in [0.717, 1.165) is 17.0 Å². The van der Waals surface area contributed by atoms with Crippen LogP contribution in [0.5, 0.6) is 11.5 Å². The van der Waals surface area contributed by atoms with E-state index in [-0.39, 0.29) is 5.91 Å². The first kappa shape index (κ1) is 20.8. The van der Waals surface area contributed by atoms with Crippen molar-refractivity contribution in [3.63, 3.8) is 0 Å². The van der Waals surface area contributed by atoms with Crippen LogP contribution in [0.1, 0.15) is 39.9 Å². The van der Waals surface area contributed by atoms with Crippen molar-refractivity contribution in [2.75, 3.05) is 40.0 Å². The van der Waals surface area contributed by atoms with Crippen molar-refractivity contribution < 1.29 is 19.0 Å². The van der Waals surface area contributed by atoms with E-state index in [1.165, 1.54) is 0 Å². The molecule has 0 saturated carbocycles. The predicted molar refractivity (Wildman–Crippen MR) is 113 cm³/mol. The Morgan fingerprint density at radius 3 is 2.81 bits per heavy atom. The van der Waals surface area contributed by atoms with Gasteiger partial charge in [-0.3, -0.25) is 14.8 Å². The van der Waals surface area contributed by atoms with E-state index >= 15 is 0 Å². The molecule has 0 unspecified atom stereocenters. The van der Waals surface area contributed by atoms with Gasteiger partial charge in [-0.05, 0) is 13.0 Å². The highest BCUT2D eigenvalue weighted by Crippen LogP contribution is 2.35. The number of carbonyl (C=O) groups is 1. The Kier molecular flexibility index (Phi) is 6.14. The van der Waals surface area contributed by atoms with Crippen molar-refractivity contribution in [1.29, 1.82) is 5.26 Å². The minimum atomic E-state index is -0.0787. The molecule has 2 aromatic rings. The maximum Gasteiger partial charge on any atom is 0.255 e. The van der Waals surface area contributed by atoms with Crippen LogP contribution in [-0.2, 0) is 17.6 Å². The van der Waals surface area contributed by atoms with Crippen molar-refractivity contribution in [2.45, 2.75) is 19.8 Å². The molecule has 1 fully saturated rings. The number of hydrogen-bond acceptors (Lipinski definition) is 7. The van der Waals surface area contributed by atoms with Crippen LogP contribution < -0.4 is 9.47 Å². The van der Waals surface area contributed by atoms with Crippen LogP contribution in [0.15, 0.2) is 24.4 Å². The lowest BCUT2D eigenvalue weighted by Crippen LogP contribution is -2.40. The first-order valence-corrected chi connectivity index (χ1v) is 10.3. The van der Waals surface area contributed by atoms with Gasteiger partial charge in [-0.1, -0.05) is 6.08 Å². The molecular weight excluding hydrogens is 396 g/mol. The summed E-state index contributed by atoms with van der Waals surface area (Å²) in [5, 5.41) is 9.38. The fourth-order valence-corrected chi connectivity index (χ4v) is 3.85. The number of aromatic nitrogens is 2. The van der Waals surface area contributed by atoms with E-state index in [0.29, 0.717) is 74.1 Å². The fraction of sp³-hybridized carbons (Fsp3) is 0.391. The lowest BCUT2D eigenvalue weighted by atomic mass is 10.1. The molecule has 0 atom stereocenters. The molecule has 2 aliphatic rings. The van der Waals surface area contributed by atoms with Crippen molar-refractivity contribution in [3.05, 3.63) is 52.6 Å². The third kappa shape index (κ3) is 4.23.